The molecule has 1 amide bonds. The predicted molar refractivity (Wildman–Crippen MR) is 86.5 cm³/mol. The van der Waals surface area contributed by atoms with Gasteiger partial charge in [-0.2, -0.15) is 11.8 Å². The number of imidazole rings is 1. The molecule has 0 radical (unpaired) electrons. The molecular weight excluding hydrogens is 286 g/mol. The van der Waals surface area contributed by atoms with E-state index < -0.39 is 0 Å². The zero-order chi connectivity index (χ0) is 15.1. The van der Waals surface area contributed by atoms with Crippen molar-refractivity contribution in [1.82, 2.24) is 14.9 Å². The smallest absolute Gasteiger partial charge is 0.242 e. The summed E-state index contributed by atoms with van der Waals surface area (Å²) in [4.78, 5) is 16.5. The Kier molecular flexibility index (Phi) is 6.07. The maximum Gasteiger partial charge on any atom is 0.242 e. The maximum atomic E-state index is 12.2. The first-order valence-electron chi connectivity index (χ1n) is 7.12. The molecule has 0 spiro atoms. The highest BCUT2D eigenvalue weighted by atomic mass is 32.2. The van der Waals surface area contributed by atoms with Gasteiger partial charge in [-0.05, 0) is 31.2 Å². The van der Waals surface area contributed by atoms with E-state index in [0.29, 0.717) is 6.54 Å². The molecule has 6 heteroatoms. The summed E-state index contributed by atoms with van der Waals surface area (Å²) >= 11 is 1.74. The van der Waals surface area contributed by atoms with E-state index in [-0.39, 0.29) is 18.6 Å². The van der Waals surface area contributed by atoms with Gasteiger partial charge in [-0.15, -0.1) is 0 Å². The number of rotatable bonds is 8. The standard InChI is InChI=1S/C15H21N3O2S/c1-12(15(20)16-7-10-21-9-4-8-19)18-11-17-13-5-2-3-6-14(13)18/h2-3,5-6,11-12,19H,4,7-10H2,1H3,(H,16,20). The van der Waals surface area contributed by atoms with Crippen LogP contribution in [0.1, 0.15) is 19.4 Å². The van der Waals surface area contributed by atoms with E-state index in [0.717, 1.165) is 29.0 Å². The van der Waals surface area contributed by atoms with Gasteiger partial charge in [-0.1, -0.05) is 12.1 Å². The Balaban J connectivity index is 1.85. The molecule has 0 aliphatic heterocycles. The number of aliphatic hydroxyl groups excluding tert-OH is 1. The Morgan fingerprint density at radius 2 is 2.24 bits per heavy atom. The second-order valence-corrected chi connectivity index (χ2v) is 6.02. The van der Waals surface area contributed by atoms with Gasteiger partial charge in [0, 0.05) is 18.9 Å². The lowest BCUT2D eigenvalue weighted by Crippen LogP contribution is -2.32. The number of hydrogen-bond donors (Lipinski definition) is 2. The van der Waals surface area contributed by atoms with E-state index in [1.807, 2.05) is 35.8 Å². The van der Waals surface area contributed by atoms with Crippen LogP contribution in [0.15, 0.2) is 30.6 Å². The molecule has 0 aliphatic carbocycles. The lowest BCUT2D eigenvalue weighted by atomic mass is 10.2. The van der Waals surface area contributed by atoms with Crippen LogP contribution in [-0.4, -0.2) is 45.2 Å². The first-order valence-corrected chi connectivity index (χ1v) is 8.27. The average Bonchev–Trinajstić information content (AvgIpc) is 2.93. The van der Waals surface area contributed by atoms with Crippen molar-refractivity contribution >= 4 is 28.7 Å². The summed E-state index contributed by atoms with van der Waals surface area (Å²) in [6.45, 7) is 2.75. The third kappa shape index (κ3) is 4.22. The predicted octanol–water partition coefficient (Wildman–Crippen LogP) is 1.83. The highest BCUT2D eigenvalue weighted by Crippen LogP contribution is 2.17. The van der Waals surface area contributed by atoms with E-state index in [4.69, 9.17) is 5.11 Å². The number of nitrogens with zero attached hydrogens (tertiary/aromatic N) is 2. The minimum Gasteiger partial charge on any atom is -0.396 e. The minimum atomic E-state index is -0.278. The van der Waals surface area contributed by atoms with E-state index in [1.165, 1.54) is 0 Å². The maximum absolute atomic E-state index is 12.2. The van der Waals surface area contributed by atoms with Crippen molar-refractivity contribution in [2.45, 2.75) is 19.4 Å². The van der Waals surface area contributed by atoms with E-state index in [1.54, 1.807) is 18.1 Å². The number of aliphatic hydroxyl groups is 1. The van der Waals surface area contributed by atoms with Crippen molar-refractivity contribution in [3.05, 3.63) is 30.6 Å². The molecule has 2 rings (SSSR count). The Morgan fingerprint density at radius 1 is 1.43 bits per heavy atom. The molecule has 21 heavy (non-hydrogen) atoms. The summed E-state index contributed by atoms with van der Waals surface area (Å²) < 4.78 is 1.89. The van der Waals surface area contributed by atoms with Crippen molar-refractivity contribution in [3.8, 4) is 0 Å². The Hall–Kier alpha value is -1.53. The summed E-state index contributed by atoms with van der Waals surface area (Å²) in [5.74, 6) is 1.79. The highest BCUT2D eigenvalue weighted by molar-refractivity contribution is 7.99. The summed E-state index contributed by atoms with van der Waals surface area (Å²) in [6.07, 6.45) is 2.51. The largest absolute Gasteiger partial charge is 0.396 e. The van der Waals surface area contributed by atoms with Gasteiger partial charge in [0.2, 0.25) is 5.91 Å². The molecule has 5 nitrogen and oxygen atoms in total. The topological polar surface area (TPSA) is 67.2 Å². The molecule has 114 valence electrons. The monoisotopic (exact) mass is 307 g/mol. The van der Waals surface area contributed by atoms with Crippen LogP contribution in [0, 0.1) is 0 Å². The van der Waals surface area contributed by atoms with Crippen LogP contribution in [-0.2, 0) is 4.79 Å². The lowest BCUT2D eigenvalue weighted by Gasteiger charge is -2.14. The summed E-state index contributed by atoms with van der Waals surface area (Å²) in [6, 6.07) is 7.52. The summed E-state index contributed by atoms with van der Waals surface area (Å²) in [5.41, 5.74) is 1.87. The van der Waals surface area contributed by atoms with Crippen LogP contribution in [0.25, 0.3) is 11.0 Å². The van der Waals surface area contributed by atoms with Gasteiger partial charge in [0.15, 0.2) is 0 Å². The zero-order valence-corrected chi connectivity index (χ0v) is 13.0. The number of thioether (sulfide) groups is 1. The molecule has 2 aromatic rings. The number of fused-ring (bicyclic) bond motifs is 1. The van der Waals surface area contributed by atoms with Gasteiger partial charge in [0.25, 0.3) is 0 Å². The number of para-hydroxylation sites is 2. The zero-order valence-electron chi connectivity index (χ0n) is 12.2. The third-order valence-electron chi connectivity index (χ3n) is 3.27. The molecule has 1 atom stereocenters. The quantitative estimate of drug-likeness (QED) is 0.730. The van der Waals surface area contributed by atoms with Gasteiger partial charge >= 0.3 is 0 Å². The number of benzene rings is 1. The van der Waals surface area contributed by atoms with Crippen LogP contribution in [0.4, 0.5) is 0 Å². The first kappa shape index (κ1) is 15.9. The van der Waals surface area contributed by atoms with Crippen LogP contribution < -0.4 is 5.32 Å². The van der Waals surface area contributed by atoms with Crippen molar-refractivity contribution in [2.24, 2.45) is 0 Å². The second kappa shape index (κ2) is 8.05. The molecule has 1 aromatic carbocycles. The van der Waals surface area contributed by atoms with Crippen molar-refractivity contribution in [2.75, 3.05) is 24.7 Å². The van der Waals surface area contributed by atoms with E-state index in [2.05, 4.69) is 10.3 Å². The fraction of sp³-hybridized carbons (Fsp3) is 0.467. The fourth-order valence-corrected chi connectivity index (χ4v) is 2.86. The first-order chi connectivity index (χ1) is 10.2. The van der Waals surface area contributed by atoms with Crippen LogP contribution in [0.5, 0.6) is 0 Å². The summed E-state index contributed by atoms with van der Waals surface area (Å²) in [5, 5.41) is 11.6. The number of hydrogen-bond acceptors (Lipinski definition) is 4. The normalized spacial score (nSPS) is 12.5. The Morgan fingerprint density at radius 3 is 3.05 bits per heavy atom. The number of carbonyl (C=O) groups excluding carboxylic acids is 1. The van der Waals surface area contributed by atoms with Crippen molar-refractivity contribution in [1.29, 1.82) is 0 Å². The number of aromatic nitrogens is 2. The molecule has 2 N–H and O–H groups in total. The van der Waals surface area contributed by atoms with Crippen molar-refractivity contribution < 1.29 is 9.90 Å². The molecule has 0 saturated heterocycles. The minimum absolute atomic E-state index is 0.000844. The van der Waals surface area contributed by atoms with Gasteiger partial charge in [-0.3, -0.25) is 4.79 Å². The molecule has 0 bridgehead atoms. The highest BCUT2D eigenvalue weighted by Gasteiger charge is 2.16. The molecular formula is C15H21N3O2S. The summed E-state index contributed by atoms with van der Waals surface area (Å²) in [7, 11) is 0. The van der Waals surface area contributed by atoms with Gasteiger partial charge in [0.05, 0.1) is 17.4 Å². The van der Waals surface area contributed by atoms with E-state index in [9.17, 15) is 4.79 Å². The SMILES string of the molecule is CC(C(=O)NCCSCCCO)n1cnc2ccccc21. The van der Waals surface area contributed by atoms with Crippen LogP contribution >= 0.6 is 11.8 Å². The number of nitrogens with one attached hydrogen (secondary N) is 1. The third-order valence-corrected chi connectivity index (χ3v) is 4.34. The Bertz CT molecular complexity index is 585. The second-order valence-electron chi connectivity index (χ2n) is 4.80. The van der Waals surface area contributed by atoms with E-state index >= 15 is 0 Å². The number of amides is 1. The molecule has 0 fully saturated rings. The number of carbonyl (C=O) groups is 1. The lowest BCUT2D eigenvalue weighted by molar-refractivity contribution is -0.123. The van der Waals surface area contributed by atoms with Gasteiger partial charge < -0.3 is 15.0 Å². The molecule has 1 aromatic heterocycles. The van der Waals surface area contributed by atoms with Crippen LogP contribution in [0.3, 0.4) is 0 Å². The van der Waals surface area contributed by atoms with Crippen LogP contribution in [0.2, 0.25) is 0 Å². The fourth-order valence-electron chi connectivity index (χ4n) is 2.08. The molecule has 0 saturated carbocycles. The average molecular weight is 307 g/mol. The van der Waals surface area contributed by atoms with Crippen molar-refractivity contribution in [3.63, 3.8) is 0 Å². The molecule has 0 aliphatic rings. The van der Waals surface area contributed by atoms with Gasteiger partial charge in [-0.25, -0.2) is 4.98 Å². The molecule has 1 unspecified atom stereocenters. The molecule has 1 heterocycles. The van der Waals surface area contributed by atoms with Gasteiger partial charge in [0.1, 0.15) is 6.04 Å². The Labute approximate surface area is 128 Å².